The fraction of sp³-hybridized carbons (Fsp3) is 0.647. The molecule has 2 atom stereocenters. The van der Waals surface area contributed by atoms with Crippen LogP contribution >= 0.6 is 11.3 Å². The summed E-state index contributed by atoms with van der Waals surface area (Å²) in [6, 6.07) is 0. The molecular formula is C17H25N3O2S. The SMILES string of the molecule is C/C(=C\C(=O)Nc1nc(CN2CC(C)OC(C)C2)cs1)C1CC1. The fourth-order valence-electron chi connectivity index (χ4n) is 3.08. The molecule has 23 heavy (non-hydrogen) atoms. The topological polar surface area (TPSA) is 54.5 Å². The van der Waals surface area contributed by atoms with Crippen LogP contribution in [0.25, 0.3) is 0 Å². The van der Waals surface area contributed by atoms with Gasteiger partial charge >= 0.3 is 0 Å². The van der Waals surface area contributed by atoms with Crippen LogP contribution in [0.3, 0.4) is 0 Å². The number of carbonyl (C=O) groups excluding carboxylic acids is 1. The van der Waals surface area contributed by atoms with Crippen molar-refractivity contribution in [1.82, 2.24) is 9.88 Å². The quantitative estimate of drug-likeness (QED) is 0.840. The summed E-state index contributed by atoms with van der Waals surface area (Å²) in [5, 5.41) is 5.59. The van der Waals surface area contributed by atoms with Gasteiger partial charge in [0.25, 0.3) is 0 Å². The molecule has 0 radical (unpaired) electrons. The van der Waals surface area contributed by atoms with Gasteiger partial charge in [-0.1, -0.05) is 5.57 Å². The molecular weight excluding hydrogens is 310 g/mol. The van der Waals surface area contributed by atoms with Crippen LogP contribution in [0.2, 0.25) is 0 Å². The van der Waals surface area contributed by atoms with Crippen molar-refractivity contribution in [3.8, 4) is 0 Å². The molecule has 1 aromatic rings. The number of anilines is 1. The minimum absolute atomic E-state index is 0.0658. The van der Waals surface area contributed by atoms with E-state index in [1.807, 2.05) is 12.3 Å². The lowest BCUT2D eigenvalue weighted by molar-refractivity contribution is -0.112. The molecule has 0 bridgehead atoms. The van der Waals surface area contributed by atoms with Gasteiger partial charge in [0, 0.05) is 31.1 Å². The summed E-state index contributed by atoms with van der Waals surface area (Å²) in [6.07, 6.45) is 4.66. The third kappa shape index (κ3) is 4.86. The van der Waals surface area contributed by atoms with Crippen LogP contribution in [-0.4, -0.2) is 41.1 Å². The lowest BCUT2D eigenvalue weighted by atomic mass is 10.2. The molecule has 1 aromatic heterocycles. The van der Waals surface area contributed by atoms with E-state index >= 15 is 0 Å². The molecule has 1 saturated carbocycles. The number of aromatic nitrogens is 1. The highest BCUT2D eigenvalue weighted by Gasteiger charge is 2.24. The van der Waals surface area contributed by atoms with Gasteiger partial charge in [-0.2, -0.15) is 0 Å². The van der Waals surface area contributed by atoms with E-state index in [9.17, 15) is 4.79 Å². The van der Waals surface area contributed by atoms with Crippen molar-refractivity contribution in [2.75, 3.05) is 18.4 Å². The Balaban J connectivity index is 1.53. The molecule has 1 aliphatic carbocycles. The molecule has 1 aliphatic heterocycles. The normalized spacial score (nSPS) is 26.3. The van der Waals surface area contributed by atoms with Crippen molar-refractivity contribution in [2.24, 2.45) is 5.92 Å². The number of rotatable bonds is 5. The first kappa shape index (κ1) is 16.6. The highest BCUT2D eigenvalue weighted by Crippen LogP contribution is 2.35. The lowest BCUT2D eigenvalue weighted by Crippen LogP contribution is -2.44. The molecule has 5 nitrogen and oxygen atoms in total. The van der Waals surface area contributed by atoms with Gasteiger partial charge in [0.05, 0.1) is 17.9 Å². The maximum absolute atomic E-state index is 12.0. The fourth-order valence-corrected chi connectivity index (χ4v) is 3.79. The van der Waals surface area contributed by atoms with Crippen LogP contribution in [0.15, 0.2) is 17.0 Å². The zero-order chi connectivity index (χ0) is 16.4. The number of amides is 1. The van der Waals surface area contributed by atoms with Crippen LogP contribution < -0.4 is 5.32 Å². The lowest BCUT2D eigenvalue weighted by Gasteiger charge is -2.34. The first-order valence-electron chi connectivity index (χ1n) is 8.31. The van der Waals surface area contributed by atoms with E-state index in [4.69, 9.17) is 4.74 Å². The van der Waals surface area contributed by atoms with Crippen LogP contribution in [0.1, 0.15) is 39.3 Å². The molecule has 0 aromatic carbocycles. The summed E-state index contributed by atoms with van der Waals surface area (Å²) < 4.78 is 5.75. The summed E-state index contributed by atoms with van der Waals surface area (Å²) in [5.74, 6) is 0.557. The summed E-state index contributed by atoms with van der Waals surface area (Å²) in [5.41, 5.74) is 2.19. The number of nitrogens with zero attached hydrogens (tertiary/aromatic N) is 2. The summed E-state index contributed by atoms with van der Waals surface area (Å²) >= 11 is 1.49. The Kier molecular flexibility index (Phi) is 5.14. The average Bonchev–Trinajstić information content (AvgIpc) is 3.21. The zero-order valence-electron chi connectivity index (χ0n) is 14.0. The van der Waals surface area contributed by atoms with Gasteiger partial charge in [-0.05, 0) is 39.5 Å². The number of hydrogen-bond acceptors (Lipinski definition) is 5. The highest BCUT2D eigenvalue weighted by molar-refractivity contribution is 7.13. The van der Waals surface area contributed by atoms with Gasteiger partial charge in [0.1, 0.15) is 0 Å². The standard InChI is InChI=1S/C17H25N3O2S/c1-11(14-4-5-14)6-16(21)19-17-18-15(10-23-17)9-20-7-12(2)22-13(3)8-20/h6,10,12-14H,4-5,7-9H2,1-3H3,(H,18,19,21)/b11-6+. The Hall–Kier alpha value is -1.24. The Morgan fingerprint density at radius 3 is 2.78 bits per heavy atom. The van der Waals surface area contributed by atoms with Gasteiger partial charge in [0.2, 0.25) is 5.91 Å². The second-order valence-corrected chi connectivity index (χ2v) is 7.61. The minimum atomic E-state index is -0.0658. The van der Waals surface area contributed by atoms with Gasteiger partial charge in [-0.25, -0.2) is 4.98 Å². The molecule has 1 saturated heterocycles. The van der Waals surface area contributed by atoms with Gasteiger partial charge < -0.3 is 4.74 Å². The molecule has 6 heteroatoms. The van der Waals surface area contributed by atoms with Crippen LogP contribution in [0, 0.1) is 5.92 Å². The molecule has 3 rings (SSSR count). The number of morpholine rings is 1. The summed E-state index contributed by atoms with van der Waals surface area (Å²) in [6.45, 7) is 8.89. The molecule has 2 fully saturated rings. The number of ether oxygens (including phenoxy) is 1. The summed E-state index contributed by atoms with van der Waals surface area (Å²) in [4.78, 5) is 18.9. The molecule has 0 spiro atoms. The number of hydrogen-bond donors (Lipinski definition) is 1. The predicted octanol–water partition coefficient (Wildman–Crippen LogP) is 3.05. The van der Waals surface area contributed by atoms with Gasteiger partial charge in [-0.3, -0.25) is 15.0 Å². The molecule has 2 aliphatic rings. The van der Waals surface area contributed by atoms with Crippen molar-refractivity contribution in [1.29, 1.82) is 0 Å². The van der Waals surface area contributed by atoms with Crippen LogP contribution in [0.5, 0.6) is 0 Å². The molecule has 2 unspecified atom stereocenters. The maximum atomic E-state index is 12.0. The average molecular weight is 335 g/mol. The molecule has 126 valence electrons. The van der Waals surface area contributed by atoms with Crippen molar-refractivity contribution in [3.63, 3.8) is 0 Å². The third-order valence-electron chi connectivity index (χ3n) is 4.24. The van der Waals surface area contributed by atoms with Gasteiger partial charge in [0.15, 0.2) is 5.13 Å². The van der Waals surface area contributed by atoms with Crippen LogP contribution in [-0.2, 0) is 16.1 Å². The van der Waals surface area contributed by atoms with E-state index < -0.39 is 0 Å². The predicted molar refractivity (Wildman–Crippen MR) is 92.5 cm³/mol. The third-order valence-corrected chi connectivity index (χ3v) is 5.05. The first-order chi connectivity index (χ1) is 11.0. The number of thiazole rings is 1. The van der Waals surface area contributed by atoms with E-state index in [0.717, 1.165) is 25.3 Å². The van der Waals surface area contributed by atoms with Crippen molar-refractivity contribution < 1.29 is 9.53 Å². The number of carbonyl (C=O) groups is 1. The van der Waals surface area contributed by atoms with E-state index in [2.05, 4.69) is 29.0 Å². The zero-order valence-corrected chi connectivity index (χ0v) is 14.9. The van der Waals surface area contributed by atoms with Gasteiger partial charge in [-0.15, -0.1) is 11.3 Å². The Labute approximate surface area is 141 Å². The smallest absolute Gasteiger partial charge is 0.250 e. The van der Waals surface area contributed by atoms with Crippen molar-refractivity contribution in [3.05, 3.63) is 22.7 Å². The van der Waals surface area contributed by atoms with Crippen LogP contribution in [0.4, 0.5) is 5.13 Å². The van der Waals surface area contributed by atoms with E-state index in [-0.39, 0.29) is 18.1 Å². The molecule has 1 amide bonds. The maximum Gasteiger partial charge on any atom is 0.250 e. The van der Waals surface area contributed by atoms with E-state index in [1.165, 1.54) is 29.8 Å². The first-order valence-corrected chi connectivity index (χ1v) is 9.19. The van der Waals surface area contributed by atoms with Crippen molar-refractivity contribution >= 4 is 22.4 Å². The number of nitrogens with one attached hydrogen (secondary N) is 1. The van der Waals surface area contributed by atoms with Crippen molar-refractivity contribution in [2.45, 2.75) is 52.4 Å². The Bertz CT molecular complexity index is 584. The van der Waals surface area contributed by atoms with E-state index in [1.54, 1.807) is 6.08 Å². The van der Waals surface area contributed by atoms with E-state index in [0.29, 0.717) is 11.0 Å². The minimum Gasteiger partial charge on any atom is -0.373 e. The second kappa shape index (κ2) is 7.11. The summed E-state index contributed by atoms with van der Waals surface area (Å²) in [7, 11) is 0. The Morgan fingerprint density at radius 1 is 1.43 bits per heavy atom. The monoisotopic (exact) mass is 335 g/mol. The second-order valence-electron chi connectivity index (χ2n) is 6.75. The highest BCUT2D eigenvalue weighted by atomic mass is 32.1. The Morgan fingerprint density at radius 2 is 2.13 bits per heavy atom. The largest absolute Gasteiger partial charge is 0.373 e. The molecule has 2 heterocycles. The molecule has 1 N–H and O–H groups in total. The number of allylic oxidation sites excluding steroid dienone is 1.